The Morgan fingerprint density at radius 2 is 1.62 bits per heavy atom. The maximum Gasteiger partial charge on any atom is 0.324 e. The van der Waals surface area contributed by atoms with Crippen LogP contribution in [0, 0.1) is 5.92 Å². The molecule has 1 aliphatic heterocycles. The molecule has 166 valence electrons. The number of Topliss-reactive ketones (excluding diaryl/α,β-unsaturated/α-hetero) is 1. The topological polar surface area (TPSA) is 69.4 Å². The highest BCUT2D eigenvalue weighted by molar-refractivity contribution is 5.95. The van der Waals surface area contributed by atoms with Crippen molar-refractivity contribution in [3.05, 3.63) is 78.5 Å². The molecule has 0 radical (unpaired) electrons. The van der Waals surface area contributed by atoms with Gasteiger partial charge in [0.25, 0.3) is 0 Å². The van der Waals surface area contributed by atoms with E-state index in [1.54, 1.807) is 0 Å². The SMILES string of the molecule is NCC1=CC=CC[N+]1(C(=O)CCC(=O)C1CCCC1)c1ccc(Oc2ccccc2)cc1. The first kappa shape index (κ1) is 22.2. The van der Waals surface area contributed by atoms with Gasteiger partial charge in [0, 0.05) is 24.5 Å². The molecular weight excluding hydrogens is 400 g/mol. The number of ether oxygens (including phenoxy) is 1. The fraction of sp³-hybridized carbons (Fsp3) is 0.333. The molecule has 5 heteroatoms. The van der Waals surface area contributed by atoms with E-state index in [9.17, 15) is 9.59 Å². The molecule has 1 saturated carbocycles. The molecule has 1 amide bonds. The first-order valence-corrected chi connectivity index (χ1v) is 11.5. The van der Waals surface area contributed by atoms with E-state index in [2.05, 4.69) is 0 Å². The number of rotatable bonds is 8. The molecule has 2 aliphatic rings. The highest BCUT2D eigenvalue weighted by Crippen LogP contribution is 2.35. The predicted molar refractivity (Wildman–Crippen MR) is 127 cm³/mol. The summed E-state index contributed by atoms with van der Waals surface area (Å²) in [4.78, 5) is 26.3. The lowest BCUT2D eigenvalue weighted by Gasteiger charge is -2.37. The molecule has 0 saturated heterocycles. The van der Waals surface area contributed by atoms with E-state index in [4.69, 9.17) is 10.5 Å². The van der Waals surface area contributed by atoms with Crippen LogP contribution in [-0.4, -0.2) is 24.8 Å². The van der Waals surface area contributed by atoms with Gasteiger partial charge in [0.05, 0.1) is 13.0 Å². The molecule has 0 spiro atoms. The molecule has 1 unspecified atom stereocenters. The molecular formula is C27H31N2O3+. The maximum absolute atomic E-state index is 13.6. The van der Waals surface area contributed by atoms with Gasteiger partial charge in [-0.2, -0.15) is 4.48 Å². The summed E-state index contributed by atoms with van der Waals surface area (Å²) in [6, 6.07) is 17.2. The summed E-state index contributed by atoms with van der Waals surface area (Å²) in [7, 11) is 0. The average molecular weight is 432 g/mol. The second-order valence-corrected chi connectivity index (χ2v) is 8.53. The van der Waals surface area contributed by atoms with Crippen molar-refractivity contribution < 1.29 is 14.3 Å². The Balaban J connectivity index is 1.56. The second kappa shape index (κ2) is 10.1. The van der Waals surface area contributed by atoms with Gasteiger partial charge in [-0.25, -0.2) is 4.79 Å². The van der Waals surface area contributed by atoms with Gasteiger partial charge in [-0.1, -0.05) is 37.1 Å². The van der Waals surface area contributed by atoms with Crippen molar-refractivity contribution in [2.24, 2.45) is 11.7 Å². The second-order valence-electron chi connectivity index (χ2n) is 8.53. The first-order valence-electron chi connectivity index (χ1n) is 11.5. The number of carbonyl (C=O) groups is 2. The number of quaternary nitrogens is 1. The fourth-order valence-electron chi connectivity index (χ4n) is 4.81. The summed E-state index contributed by atoms with van der Waals surface area (Å²) in [6.45, 7) is 0.771. The summed E-state index contributed by atoms with van der Waals surface area (Å²) < 4.78 is 5.95. The van der Waals surface area contributed by atoms with Crippen molar-refractivity contribution in [1.29, 1.82) is 0 Å². The Morgan fingerprint density at radius 3 is 2.31 bits per heavy atom. The Kier molecular flexibility index (Phi) is 6.98. The van der Waals surface area contributed by atoms with Gasteiger partial charge in [0.15, 0.2) is 0 Å². The molecule has 1 aliphatic carbocycles. The lowest BCUT2D eigenvalue weighted by Crippen LogP contribution is -2.56. The third kappa shape index (κ3) is 4.59. The number of nitrogens with zero attached hydrogens (tertiary/aromatic N) is 1. The monoisotopic (exact) mass is 431 g/mol. The lowest BCUT2D eigenvalue weighted by molar-refractivity contribution is -0.131. The number of nitrogens with two attached hydrogens (primary N) is 1. The normalized spacial score (nSPS) is 20.7. The van der Waals surface area contributed by atoms with Crippen LogP contribution < -0.4 is 15.0 Å². The highest BCUT2D eigenvalue weighted by Gasteiger charge is 2.43. The van der Waals surface area contributed by atoms with E-state index >= 15 is 0 Å². The number of hydrogen-bond acceptors (Lipinski definition) is 4. The molecule has 2 aromatic rings. The smallest absolute Gasteiger partial charge is 0.324 e. The molecule has 2 aromatic carbocycles. The van der Waals surface area contributed by atoms with Crippen LogP contribution >= 0.6 is 0 Å². The van der Waals surface area contributed by atoms with Crippen molar-refractivity contribution in [3.8, 4) is 11.5 Å². The van der Waals surface area contributed by atoms with Crippen LogP contribution in [0.15, 0.2) is 78.5 Å². The lowest BCUT2D eigenvalue weighted by atomic mass is 9.97. The quantitative estimate of drug-likeness (QED) is 0.579. The number of amides is 1. The van der Waals surface area contributed by atoms with E-state index in [1.807, 2.05) is 72.8 Å². The molecule has 32 heavy (non-hydrogen) atoms. The number of carbonyl (C=O) groups excluding carboxylic acids is 2. The zero-order chi connectivity index (χ0) is 22.4. The Bertz CT molecular complexity index is 1000. The van der Waals surface area contributed by atoms with Crippen LogP contribution in [0.2, 0.25) is 0 Å². The fourth-order valence-corrected chi connectivity index (χ4v) is 4.81. The van der Waals surface area contributed by atoms with Gasteiger partial charge in [-0.05, 0) is 49.3 Å². The predicted octanol–water partition coefficient (Wildman–Crippen LogP) is 5.26. The third-order valence-electron chi connectivity index (χ3n) is 6.58. The van der Waals surface area contributed by atoms with Crippen LogP contribution in [0.25, 0.3) is 0 Å². The largest absolute Gasteiger partial charge is 0.457 e. The van der Waals surface area contributed by atoms with Crippen LogP contribution in [0.5, 0.6) is 11.5 Å². The minimum atomic E-state index is 0.00845. The van der Waals surface area contributed by atoms with E-state index in [0.717, 1.165) is 42.8 Å². The summed E-state index contributed by atoms with van der Waals surface area (Å²) in [5.41, 5.74) is 7.75. The minimum absolute atomic E-state index is 0.00845. The van der Waals surface area contributed by atoms with Crippen LogP contribution in [0.4, 0.5) is 5.69 Å². The molecule has 1 heterocycles. The van der Waals surface area contributed by atoms with Gasteiger partial charge in [0.2, 0.25) is 0 Å². The summed E-state index contributed by atoms with van der Waals surface area (Å²) in [5, 5.41) is 0. The molecule has 0 aromatic heterocycles. The Labute approximate surface area is 189 Å². The number of para-hydroxylation sites is 1. The standard InChI is InChI=1S/C27H31N2O3/c28-20-23-10-6-7-19-29(23,27(31)18-17-26(30)21-8-4-5-9-21)22-13-15-25(16-14-22)32-24-11-2-1-3-12-24/h1-3,6-7,10-16,21H,4-5,8-9,17-20,28H2/q+1. The summed E-state index contributed by atoms with van der Waals surface area (Å²) in [6.07, 6.45) is 10.6. The van der Waals surface area contributed by atoms with Crippen molar-refractivity contribution in [1.82, 2.24) is 4.48 Å². The van der Waals surface area contributed by atoms with Gasteiger partial charge in [-0.15, -0.1) is 0 Å². The molecule has 1 fully saturated rings. The van der Waals surface area contributed by atoms with Crippen molar-refractivity contribution in [2.75, 3.05) is 13.1 Å². The zero-order valence-electron chi connectivity index (χ0n) is 18.4. The number of benzene rings is 2. The Morgan fingerprint density at radius 1 is 0.938 bits per heavy atom. The minimum Gasteiger partial charge on any atom is -0.457 e. The van der Waals surface area contributed by atoms with Crippen LogP contribution in [0.1, 0.15) is 38.5 Å². The first-order chi connectivity index (χ1) is 15.6. The molecule has 1 atom stereocenters. The van der Waals surface area contributed by atoms with Gasteiger partial charge < -0.3 is 10.5 Å². The van der Waals surface area contributed by atoms with E-state index in [0.29, 0.717) is 18.7 Å². The van der Waals surface area contributed by atoms with E-state index in [-0.39, 0.29) is 35.1 Å². The Hall–Kier alpha value is -3.02. The molecule has 0 bridgehead atoms. The van der Waals surface area contributed by atoms with Crippen molar-refractivity contribution in [2.45, 2.75) is 38.5 Å². The van der Waals surface area contributed by atoms with Crippen LogP contribution in [0.3, 0.4) is 0 Å². The van der Waals surface area contributed by atoms with Gasteiger partial charge in [0.1, 0.15) is 35.2 Å². The highest BCUT2D eigenvalue weighted by atomic mass is 16.5. The van der Waals surface area contributed by atoms with Crippen molar-refractivity contribution in [3.63, 3.8) is 0 Å². The zero-order valence-corrected chi connectivity index (χ0v) is 18.4. The van der Waals surface area contributed by atoms with E-state index < -0.39 is 0 Å². The van der Waals surface area contributed by atoms with Gasteiger partial charge >= 0.3 is 5.91 Å². The summed E-state index contributed by atoms with van der Waals surface area (Å²) in [5.74, 6) is 1.83. The third-order valence-corrected chi connectivity index (χ3v) is 6.58. The van der Waals surface area contributed by atoms with Gasteiger partial charge in [-0.3, -0.25) is 4.79 Å². The van der Waals surface area contributed by atoms with Crippen LogP contribution in [-0.2, 0) is 9.59 Å². The molecule has 5 nitrogen and oxygen atoms in total. The van der Waals surface area contributed by atoms with Crippen molar-refractivity contribution >= 4 is 17.4 Å². The number of hydrogen-bond donors (Lipinski definition) is 1. The summed E-state index contributed by atoms with van der Waals surface area (Å²) >= 11 is 0. The number of allylic oxidation sites excluding steroid dienone is 2. The number of ketones is 1. The maximum atomic E-state index is 13.6. The molecule has 2 N–H and O–H groups in total. The molecule has 4 rings (SSSR count). The average Bonchev–Trinajstić information content (AvgIpc) is 3.38. The van der Waals surface area contributed by atoms with E-state index in [1.165, 1.54) is 0 Å².